The first-order chi connectivity index (χ1) is 6.07. The van der Waals surface area contributed by atoms with E-state index in [-0.39, 0.29) is 18.0 Å². The molecule has 0 aromatic heterocycles. The van der Waals surface area contributed by atoms with E-state index in [1.807, 2.05) is 13.8 Å². The number of carbonyl (C=O) groups is 1. The number of hydrogen-bond acceptors (Lipinski definition) is 2. The molecule has 0 aromatic rings. The summed E-state index contributed by atoms with van der Waals surface area (Å²) in [5.41, 5.74) is 0. The van der Waals surface area contributed by atoms with E-state index < -0.39 is 0 Å². The van der Waals surface area contributed by atoms with Gasteiger partial charge in [0.1, 0.15) is 5.78 Å². The maximum absolute atomic E-state index is 11.4. The summed E-state index contributed by atoms with van der Waals surface area (Å²) in [6, 6.07) is 0.429. The topological polar surface area (TPSA) is 20.3 Å². The van der Waals surface area contributed by atoms with Gasteiger partial charge in [0, 0.05) is 24.9 Å². The van der Waals surface area contributed by atoms with Gasteiger partial charge in [-0.1, -0.05) is 12.8 Å². The number of hydrogen-bond donors (Lipinski definition) is 0. The van der Waals surface area contributed by atoms with Crippen molar-refractivity contribution in [3.05, 3.63) is 0 Å². The molecule has 0 N–H and O–H groups in total. The Morgan fingerprint density at radius 1 is 1.62 bits per heavy atom. The molecule has 1 fully saturated rings. The fourth-order valence-electron chi connectivity index (χ4n) is 1.87. The molecule has 1 aliphatic heterocycles. The van der Waals surface area contributed by atoms with Crippen LogP contribution in [0.2, 0.25) is 0 Å². The molecule has 0 radical (unpaired) electrons. The monoisotopic (exact) mass is 179 g/mol. The average molecular weight is 179 g/mol. The first kappa shape index (κ1) is 10.3. The van der Waals surface area contributed by atoms with Crippen molar-refractivity contribution < 1.29 is 4.79 Å². The molecule has 3 atom stereocenters. The van der Waals surface area contributed by atoms with Crippen LogP contribution in [0, 0.1) is 18.3 Å². The van der Waals surface area contributed by atoms with E-state index in [0.29, 0.717) is 12.2 Å². The van der Waals surface area contributed by atoms with Crippen molar-refractivity contribution in [3.63, 3.8) is 0 Å². The van der Waals surface area contributed by atoms with E-state index in [0.717, 1.165) is 6.54 Å². The molecule has 0 aliphatic carbocycles. The van der Waals surface area contributed by atoms with E-state index in [4.69, 9.17) is 6.42 Å². The predicted molar refractivity (Wildman–Crippen MR) is 53.3 cm³/mol. The summed E-state index contributed by atoms with van der Waals surface area (Å²) >= 11 is 0. The summed E-state index contributed by atoms with van der Waals surface area (Å²) in [5.74, 6) is 3.21. The normalized spacial score (nSPS) is 32.6. The Labute approximate surface area is 80.3 Å². The Morgan fingerprint density at radius 3 is 2.77 bits per heavy atom. The Kier molecular flexibility index (Phi) is 3.11. The van der Waals surface area contributed by atoms with Crippen LogP contribution in [0.3, 0.4) is 0 Å². The van der Waals surface area contributed by atoms with E-state index >= 15 is 0 Å². The lowest BCUT2D eigenvalue weighted by atomic mass is 9.90. The zero-order chi connectivity index (χ0) is 10.0. The van der Waals surface area contributed by atoms with Gasteiger partial charge < -0.3 is 0 Å². The molecule has 3 unspecified atom stereocenters. The Hall–Kier alpha value is -0.810. The first-order valence-corrected chi connectivity index (χ1v) is 4.82. The third kappa shape index (κ3) is 1.92. The number of rotatable bonds is 1. The zero-order valence-corrected chi connectivity index (χ0v) is 8.58. The third-order valence-corrected chi connectivity index (χ3v) is 3.11. The first-order valence-electron chi connectivity index (χ1n) is 4.82. The third-order valence-electron chi connectivity index (χ3n) is 3.11. The molecule has 0 bridgehead atoms. The second-order valence-electron chi connectivity index (χ2n) is 3.83. The van der Waals surface area contributed by atoms with Crippen molar-refractivity contribution >= 4 is 5.78 Å². The smallest absolute Gasteiger partial charge is 0.138 e. The van der Waals surface area contributed by atoms with E-state index in [9.17, 15) is 4.79 Å². The van der Waals surface area contributed by atoms with Gasteiger partial charge in [-0.3, -0.25) is 9.69 Å². The van der Waals surface area contributed by atoms with Crippen LogP contribution in [0.25, 0.3) is 0 Å². The fourth-order valence-corrected chi connectivity index (χ4v) is 1.87. The van der Waals surface area contributed by atoms with Gasteiger partial charge in [-0.15, -0.1) is 6.42 Å². The summed E-state index contributed by atoms with van der Waals surface area (Å²) < 4.78 is 0. The molecule has 2 nitrogen and oxygen atoms in total. The fraction of sp³-hybridized carbons (Fsp3) is 0.727. The van der Waals surface area contributed by atoms with Crippen molar-refractivity contribution in [2.45, 2.75) is 39.3 Å². The number of terminal acetylenes is 1. The van der Waals surface area contributed by atoms with E-state index in [1.165, 1.54) is 0 Å². The average Bonchev–Trinajstić information content (AvgIpc) is 2.13. The number of carbonyl (C=O) groups excluding carboxylic acids is 1. The minimum Gasteiger partial charge on any atom is -0.299 e. The van der Waals surface area contributed by atoms with Gasteiger partial charge in [0.2, 0.25) is 0 Å². The van der Waals surface area contributed by atoms with Crippen LogP contribution in [0.4, 0.5) is 0 Å². The van der Waals surface area contributed by atoms with Gasteiger partial charge >= 0.3 is 0 Å². The largest absolute Gasteiger partial charge is 0.299 e. The second kappa shape index (κ2) is 3.93. The molecule has 72 valence electrons. The van der Waals surface area contributed by atoms with Crippen LogP contribution < -0.4 is 0 Å². The number of ketones is 1. The van der Waals surface area contributed by atoms with Gasteiger partial charge in [-0.05, 0) is 13.8 Å². The highest BCUT2D eigenvalue weighted by molar-refractivity contribution is 5.82. The number of likely N-dealkylation sites (tertiary alicyclic amines) is 1. The highest BCUT2D eigenvalue weighted by Crippen LogP contribution is 2.21. The van der Waals surface area contributed by atoms with Crippen LogP contribution in [-0.4, -0.2) is 29.3 Å². The summed E-state index contributed by atoms with van der Waals surface area (Å²) in [7, 11) is 0. The van der Waals surface area contributed by atoms with Crippen LogP contribution >= 0.6 is 0 Å². The van der Waals surface area contributed by atoms with E-state index in [1.54, 1.807) is 0 Å². The van der Waals surface area contributed by atoms with Crippen LogP contribution in [0.15, 0.2) is 0 Å². The molecule has 0 aromatic carbocycles. The molecule has 13 heavy (non-hydrogen) atoms. The van der Waals surface area contributed by atoms with Crippen molar-refractivity contribution in [2.24, 2.45) is 5.92 Å². The lowest BCUT2D eigenvalue weighted by Crippen LogP contribution is -2.50. The van der Waals surface area contributed by atoms with Gasteiger partial charge in [0.25, 0.3) is 0 Å². The lowest BCUT2D eigenvalue weighted by molar-refractivity contribution is -0.128. The maximum atomic E-state index is 11.4. The van der Waals surface area contributed by atoms with Gasteiger partial charge in [0.15, 0.2) is 0 Å². The lowest BCUT2D eigenvalue weighted by Gasteiger charge is -2.38. The van der Waals surface area contributed by atoms with Crippen LogP contribution in [-0.2, 0) is 4.79 Å². The SMILES string of the molecule is C#CC(C)N1CCC(=O)C(C)C1C. The minimum absolute atomic E-state index is 0.129. The number of piperidine rings is 1. The van der Waals surface area contributed by atoms with Crippen molar-refractivity contribution in [1.29, 1.82) is 0 Å². The molecule has 0 amide bonds. The Bertz CT molecular complexity index is 241. The minimum atomic E-state index is 0.129. The van der Waals surface area contributed by atoms with Crippen molar-refractivity contribution in [1.82, 2.24) is 4.90 Å². The molecule has 1 saturated heterocycles. The van der Waals surface area contributed by atoms with Gasteiger partial charge in [-0.25, -0.2) is 0 Å². The molecule has 1 heterocycles. The highest BCUT2D eigenvalue weighted by Gasteiger charge is 2.32. The standard InChI is InChI=1S/C11H17NO/c1-5-8(2)12-7-6-11(13)9(3)10(12)4/h1,8-10H,6-7H2,2-4H3. The van der Waals surface area contributed by atoms with Crippen LogP contribution in [0.5, 0.6) is 0 Å². The summed E-state index contributed by atoms with van der Waals surface area (Å²) in [6.07, 6.45) is 6.02. The van der Waals surface area contributed by atoms with E-state index in [2.05, 4.69) is 17.7 Å². The van der Waals surface area contributed by atoms with Gasteiger partial charge in [0.05, 0.1) is 6.04 Å². The molecular weight excluding hydrogens is 162 g/mol. The van der Waals surface area contributed by atoms with Crippen molar-refractivity contribution in [2.75, 3.05) is 6.54 Å². The quantitative estimate of drug-likeness (QED) is 0.566. The molecule has 0 spiro atoms. The number of nitrogens with zero attached hydrogens (tertiary/aromatic N) is 1. The molecular formula is C11H17NO. The summed E-state index contributed by atoms with van der Waals surface area (Å²) in [4.78, 5) is 13.6. The number of Topliss-reactive ketones (excluding diaryl/α,β-unsaturated/α-hetero) is 1. The predicted octanol–water partition coefficient (Wildman–Crippen LogP) is 1.31. The van der Waals surface area contributed by atoms with Crippen molar-refractivity contribution in [3.8, 4) is 12.3 Å². The highest BCUT2D eigenvalue weighted by atomic mass is 16.1. The molecule has 1 rings (SSSR count). The van der Waals surface area contributed by atoms with Crippen LogP contribution in [0.1, 0.15) is 27.2 Å². The summed E-state index contributed by atoms with van der Waals surface area (Å²) in [5, 5.41) is 0. The maximum Gasteiger partial charge on any atom is 0.138 e. The molecule has 1 aliphatic rings. The van der Waals surface area contributed by atoms with Gasteiger partial charge in [-0.2, -0.15) is 0 Å². The zero-order valence-electron chi connectivity index (χ0n) is 8.58. The molecule has 0 saturated carbocycles. The second-order valence-corrected chi connectivity index (χ2v) is 3.83. The summed E-state index contributed by atoms with van der Waals surface area (Å²) in [6.45, 7) is 6.90. The Morgan fingerprint density at radius 2 is 2.23 bits per heavy atom. The Balaban J connectivity index is 2.70. The molecule has 2 heteroatoms.